The van der Waals surface area contributed by atoms with Crippen molar-refractivity contribution in [3.63, 3.8) is 0 Å². The van der Waals surface area contributed by atoms with Gasteiger partial charge in [0.2, 0.25) is 11.8 Å². The third-order valence-corrected chi connectivity index (χ3v) is 13.8. The number of esters is 4. The maximum atomic E-state index is 13.5. The highest BCUT2D eigenvalue weighted by molar-refractivity contribution is 7.92. The summed E-state index contributed by atoms with van der Waals surface area (Å²) in [6, 6.07) is -0.224. The van der Waals surface area contributed by atoms with E-state index in [-0.39, 0.29) is 35.7 Å². The topological polar surface area (TPSA) is 179 Å². The maximum absolute atomic E-state index is 13.5. The fourth-order valence-corrected chi connectivity index (χ4v) is 10.8. The number of carbonyl (C=O) groups excluding carboxylic acids is 6. The van der Waals surface area contributed by atoms with Crippen molar-refractivity contribution in [3.8, 4) is 0 Å². The molecule has 4 saturated carbocycles. The number of ether oxygens (including phenoxy) is 2. The summed E-state index contributed by atoms with van der Waals surface area (Å²) in [6.45, 7) is 0. The van der Waals surface area contributed by atoms with E-state index in [9.17, 15) is 37.2 Å². The Morgan fingerprint density at radius 3 is 1.23 bits per heavy atom. The van der Waals surface area contributed by atoms with E-state index in [0.717, 1.165) is 0 Å². The average Bonchev–Trinajstić information content (AvgIpc) is 3.45. The number of carbonyl (C=O) groups is 6. The lowest BCUT2D eigenvalue weighted by Gasteiger charge is -2.35. The highest BCUT2D eigenvalue weighted by atomic mass is 32.2. The number of sulfone groups is 1. The third-order valence-electron chi connectivity index (χ3n) is 11.0. The Balaban J connectivity index is 0.926. The molecule has 6 aliphatic rings. The number of cyclic esters (lactones) is 4. The Morgan fingerprint density at radius 2 is 0.860 bits per heavy atom. The van der Waals surface area contributed by atoms with Crippen LogP contribution in [0.15, 0.2) is 0 Å². The van der Waals surface area contributed by atoms with Gasteiger partial charge < -0.3 is 20.1 Å². The summed E-state index contributed by atoms with van der Waals surface area (Å²) in [7, 11) is -3.36. The van der Waals surface area contributed by atoms with Gasteiger partial charge in [0.1, 0.15) is 0 Å². The van der Waals surface area contributed by atoms with E-state index in [4.69, 9.17) is 9.47 Å². The molecule has 0 aromatic rings. The molecule has 0 aromatic carbocycles. The number of fused-ring (bicyclic) bond motifs is 2. The highest BCUT2D eigenvalue weighted by Gasteiger charge is 2.50. The van der Waals surface area contributed by atoms with Crippen LogP contribution in [0.2, 0.25) is 0 Å². The van der Waals surface area contributed by atoms with Gasteiger partial charge in [-0.25, -0.2) is 8.42 Å². The normalized spacial score (nSPS) is 39.7. The van der Waals surface area contributed by atoms with Gasteiger partial charge in [0.15, 0.2) is 9.84 Å². The van der Waals surface area contributed by atoms with Gasteiger partial charge in [0.25, 0.3) is 0 Å². The van der Waals surface area contributed by atoms with Crippen molar-refractivity contribution in [1.29, 1.82) is 0 Å². The Kier molecular flexibility index (Phi) is 8.38. The molecular formula is C30H40N2O10S. The monoisotopic (exact) mass is 620 g/mol. The number of amides is 2. The maximum Gasteiger partial charge on any atom is 0.317 e. The molecule has 236 valence electrons. The lowest BCUT2D eigenvalue weighted by atomic mass is 9.75. The minimum absolute atomic E-state index is 0.112. The van der Waals surface area contributed by atoms with Crippen molar-refractivity contribution >= 4 is 45.5 Å². The van der Waals surface area contributed by atoms with Crippen LogP contribution in [-0.2, 0) is 48.1 Å². The largest absolute Gasteiger partial charge is 0.393 e. The predicted octanol–water partition coefficient (Wildman–Crippen LogP) is 1.49. The van der Waals surface area contributed by atoms with Crippen LogP contribution in [0.25, 0.3) is 0 Å². The van der Waals surface area contributed by atoms with E-state index in [0.29, 0.717) is 89.9 Å². The molecule has 2 saturated heterocycles. The SMILES string of the molecule is O=C(NC1CCC(S(=O)(=O)C2CCC(NC(=O)C3CCC4C(=O)OC(=O)C4C3)CC2)CC1)C1CCC2C(=O)OC(=O)C2C1. The fraction of sp³-hybridized carbons (Fsp3) is 0.800. The molecule has 2 N–H and O–H groups in total. The molecule has 6 unspecified atom stereocenters. The van der Waals surface area contributed by atoms with Crippen LogP contribution < -0.4 is 10.6 Å². The molecule has 6 atom stereocenters. The van der Waals surface area contributed by atoms with E-state index in [1.54, 1.807) is 0 Å². The minimum Gasteiger partial charge on any atom is -0.393 e. The molecule has 0 radical (unpaired) electrons. The van der Waals surface area contributed by atoms with Gasteiger partial charge in [-0.2, -0.15) is 0 Å². The molecular weight excluding hydrogens is 580 g/mol. The number of hydrogen-bond donors (Lipinski definition) is 2. The van der Waals surface area contributed by atoms with E-state index in [1.807, 2.05) is 0 Å². The first-order valence-electron chi connectivity index (χ1n) is 15.9. The Hall–Kier alpha value is -2.83. The summed E-state index contributed by atoms with van der Waals surface area (Å²) < 4.78 is 36.5. The predicted molar refractivity (Wildman–Crippen MR) is 148 cm³/mol. The van der Waals surface area contributed by atoms with Crippen molar-refractivity contribution in [2.75, 3.05) is 0 Å². The van der Waals surface area contributed by atoms with Crippen LogP contribution in [0.4, 0.5) is 0 Å². The van der Waals surface area contributed by atoms with Crippen LogP contribution in [-0.4, -0.2) is 66.7 Å². The van der Waals surface area contributed by atoms with Crippen LogP contribution in [0.3, 0.4) is 0 Å². The van der Waals surface area contributed by atoms with E-state index >= 15 is 0 Å². The third kappa shape index (κ3) is 5.98. The second-order valence-corrected chi connectivity index (χ2v) is 16.0. The van der Waals surface area contributed by atoms with Crippen LogP contribution >= 0.6 is 0 Å². The molecule has 2 aliphatic heterocycles. The van der Waals surface area contributed by atoms with Crippen molar-refractivity contribution in [2.24, 2.45) is 35.5 Å². The van der Waals surface area contributed by atoms with E-state index < -0.39 is 67.9 Å². The highest BCUT2D eigenvalue weighted by Crippen LogP contribution is 2.41. The second-order valence-electron chi connectivity index (χ2n) is 13.5. The lowest BCUT2D eigenvalue weighted by molar-refractivity contribution is -0.155. The summed E-state index contributed by atoms with van der Waals surface area (Å²) in [4.78, 5) is 73.3. The average molecular weight is 621 g/mol. The van der Waals surface area contributed by atoms with Gasteiger partial charge in [-0.3, -0.25) is 28.8 Å². The number of nitrogens with one attached hydrogen (secondary N) is 2. The Labute approximate surface area is 250 Å². The first-order valence-corrected chi connectivity index (χ1v) is 17.5. The molecule has 12 nitrogen and oxygen atoms in total. The van der Waals surface area contributed by atoms with Crippen molar-refractivity contribution in [2.45, 2.75) is 112 Å². The second kappa shape index (κ2) is 11.9. The summed E-state index contributed by atoms with van der Waals surface area (Å²) in [6.07, 6.45) is 6.81. The molecule has 4 aliphatic carbocycles. The zero-order valence-corrected chi connectivity index (χ0v) is 25.0. The molecule has 0 aromatic heterocycles. The van der Waals surface area contributed by atoms with Gasteiger partial charge in [-0.05, 0) is 89.9 Å². The van der Waals surface area contributed by atoms with Crippen molar-refractivity contribution in [1.82, 2.24) is 10.6 Å². The van der Waals surface area contributed by atoms with E-state index in [2.05, 4.69) is 10.6 Å². The molecule has 13 heteroatoms. The minimum atomic E-state index is -3.36. The smallest absolute Gasteiger partial charge is 0.317 e. The van der Waals surface area contributed by atoms with Crippen LogP contribution in [0.5, 0.6) is 0 Å². The van der Waals surface area contributed by atoms with Gasteiger partial charge in [0.05, 0.1) is 34.2 Å². The van der Waals surface area contributed by atoms with Gasteiger partial charge in [-0.1, -0.05) is 0 Å². The molecule has 6 rings (SSSR count). The van der Waals surface area contributed by atoms with Gasteiger partial charge in [-0.15, -0.1) is 0 Å². The standard InChI is InChI=1S/C30H40N2O10S/c33-25(15-1-11-21-23(13-15)29(37)41-27(21)35)31-17-3-7-19(8-4-17)43(39,40)20-9-5-18(6-10-20)32-26(34)16-2-12-22-24(14-16)30(38)42-28(22)36/h15-24H,1-14H2,(H,31,33)(H,32,34). The number of hydrogen-bond acceptors (Lipinski definition) is 10. The Bertz CT molecular complexity index is 1210. The molecule has 43 heavy (non-hydrogen) atoms. The number of rotatable bonds is 6. The molecule has 0 spiro atoms. The summed E-state index contributed by atoms with van der Waals surface area (Å²) >= 11 is 0. The lowest BCUT2D eigenvalue weighted by Crippen LogP contribution is -2.47. The molecule has 0 bridgehead atoms. The first-order chi connectivity index (χ1) is 20.5. The summed E-state index contributed by atoms with van der Waals surface area (Å²) in [5, 5.41) is 5.22. The zero-order valence-electron chi connectivity index (χ0n) is 24.2. The van der Waals surface area contributed by atoms with Crippen molar-refractivity contribution < 1.29 is 46.7 Å². The van der Waals surface area contributed by atoms with Crippen LogP contribution in [0.1, 0.15) is 89.9 Å². The summed E-state index contributed by atoms with van der Waals surface area (Å²) in [5.41, 5.74) is 0. The fourth-order valence-electron chi connectivity index (χ4n) is 8.39. The van der Waals surface area contributed by atoms with Crippen LogP contribution in [0, 0.1) is 35.5 Å². The zero-order chi connectivity index (χ0) is 30.5. The Morgan fingerprint density at radius 1 is 0.512 bits per heavy atom. The van der Waals surface area contributed by atoms with Gasteiger partial charge >= 0.3 is 23.9 Å². The first kappa shape index (κ1) is 30.2. The quantitative estimate of drug-likeness (QED) is 0.326. The molecule has 2 heterocycles. The molecule has 2 amide bonds. The summed E-state index contributed by atoms with van der Waals surface area (Å²) in [5.74, 6) is -4.96. The van der Waals surface area contributed by atoms with Gasteiger partial charge in [0, 0.05) is 23.9 Å². The van der Waals surface area contributed by atoms with Crippen molar-refractivity contribution in [3.05, 3.63) is 0 Å². The van der Waals surface area contributed by atoms with E-state index in [1.165, 1.54) is 0 Å². The molecule has 6 fully saturated rings.